The van der Waals surface area contributed by atoms with Gasteiger partial charge < -0.3 is 9.84 Å². The molecule has 0 bridgehead atoms. The average Bonchev–Trinajstić information content (AvgIpc) is 2.69. The molecule has 0 spiro atoms. The van der Waals surface area contributed by atoms with Crippen LogP contribution in [0.25, 0.3) is 0 Å². The van der Waals surface area contributed by atoms with Gasteiger partial charge in [-0.1, -0.05) is 32.4 Å². The van der Waals surface area contributed by atoms with E-state index in [1.807, 2.05) is 31.2 Å². The van der Waals surface area contributed by atoms with Crippen molar-refractivity contribution in [2.75, 3.05) is 6.61 Å². The van der Waals surface area contributed by atoms with Crippen molar-refractivity contribution in [2.24, 2.45) is 11.3 Å². The Morgan fingerprint density at radius 3 is 2.83 bits per heavy atom. The predicted octanol–water partition coefficient (Wildman–Crippen LogP) is 3.95. The molecule has 1 N–H and O–H groups in total. The van der Waals surface area contributed by atoms with Gasteiger partial charge in [-0.15, -0.1) is 0 Å². The number of ether oxygens (including phenoxy) is 1. The second-order valence-electron chi connectivity index (χ2n) is 5.94. The summed E-state index contributed by atoms with van der Waals surface area (Å²) in [5.74, 6) is 1.21. The summed E-state index contributed by atoms with van der Waals surface area (Å²) < 4.78 is 5.50. The van der Waals surface area contributed by atoms with E-state index in [4.69, 9.17) is 4.74 Å². The van der Waals surface area contributed by atoms with Gasteiger partial charge in [0.05, 0.1) is 12.7 Å². The molecule has 1 aliphatic rings. The monoisotopic (exact) mass is 248 g/mol. The second kappa shape index (κ2) is 5.31. The molecule has 2 nitrogen and oxygen atoms in total. The summed E-state index contributed by atoms with van der Waals surface area (Å²) in [6, 6.07) is 7.88. The Labute approximate surface area is 110 Å². The lowest BCUT2D eigenvalue weighted by atomic mass is 9.77. The van der Waals surface area contributed by atoms with Crippen LogP contribution in [0.1, 0.15) is 51.7 Å². The van der Waals surface area contributed by atoms with Crippen molar-refractivity contribution in [3.05, 3.63) is 29.8 Å². The van der Waals surface area contributed by atoms with Crippen LogP contribution in [0.3, 0.4) is 0 Å². The summed E-state index contributed by atoms with van der Waals surface area (Å²) in [6.45, 7) is 7.16. The summed E-state index contributed by atoms with van der Waals surface area (Å²) >= 11 is 0. The molecule has 2 heteroatoms. The second-order valence-corrected chi connectivity index (χ2v) is 5.94. The molecule has 1 aliphatic carbocycles. The van der Waals surface area contributed by atoms with Crippen LogP contribution in [0.15, 0.2) is 24.3 Å². The zero-order chi connectivity index (χ0) is 13.2. The van der Waals surface area contributed by atoms with Crippen LogP contribution in [0.5, 0.6) is 5.75 Å². The van der Waals surface area contributed by atoms with Gasteiger partial charge in [-0.25, -0.2) is 0 Å². The molecule has 2 rings (SSSR count). The predicted molar refractivity (Wildman–Crippen MR) is 73.7 cm³/mol. The molecule has 0 radical (unpaired) electrons. The lowest BCUT2D eigenvalue weighted by molar-refractivity contribution is 0.0529. The Balaban J connectivity index is 2.17. The van der Waals surface area contributed by atoms with Crippen LogP contribution in [0.2, 0.25) is 0 Å². The van der Waals surface area contributed by atoms with Gasteiger partial charge in [0, 0.05) is 0 Å². The van der Waals surface area contributed by atoms with E-state index in [1.54, 1.807) is 0 Å². The lowest BCUT2D eigenvalue weighted by Crippen LogP contribution is -2.24. The maximum atomic E-state index is 10.6. The van der Waals surface area contributed by atoms with Gasteiger partial charge in [0.25, 0.3) is 0 Å². The zero-order valence-corrected chi connectivity index (χ0v) is 11.6. The molecule has 2 unspecified atom stereocenters. The first-order chi connectivity index (χ1) is 8.54. The van der Waals surface area contributed by atoms with E-state index in [2.05, 4.69) is 13.8 Å². The van der Waals surface area contributed by atoms with E-state index < -0.39 is 0 Å². The number of benzene rings is 1. The Morgan fingerprint density at radius 1 is 1.44 bits per heavy atom. The van der Waals surface area contributed by atoms with Crippen LogP contribution in [-0.4, -0.2) is 11.7 Å². The standard InChI is InChI=1S/C16H24O2/c1-4-18-13-8-5-7-12(11-13)15(17)14-9-6-10-16(14,2)3/h5,7-8,11,14-15,17H,4,6,9-10H2,1-3H3. The van der Waals surface area contributed by atoms with Gasteiger partial charge in [-0.05, 0) is 48.8 Å². The molecular weight excluding hydrogens is 224 g/mol. The van der Waals surface area contributed by atoms with Gasteiger partial charge in [-0.2, -0.15) is 0 Å². The Hall–Kier alpha value is -1.02. The number of hydrogen-bond donors (Lipinski definition) is 1. The first-order valence-electron chi connectivity index (χ1n) is 6.95. The Morgan fingerprint density at radius 2 is 2.22 bits per heavy atom. The summed E-state index contributed by atoms with van der Waals surface area (Å²) in [4.78, 5) is 0. The van der Waals surface area contributed by atoms with E-state index >= 15 is 0 Å². The van der Waals surface area contributed by atoms with Crippen molar-refractivity contribution in [2.45, 2.75) is 46.1 Å². The van der Waals surface area contributed by atoms with Gasteiger partial charge in [-0.3, -0.25) is 0 Å². The van der Waals surface area contributed by atoms with Crippen LogP contribution < -0.4 is 4.74 Å². The summed E-state index contributed by atoms with van der Waals surface area (Å²) in [5, 5.41) is 10.6. The fourth-order valence-corrected chi connectivity index (χ4v) is 3.13. The molecule has 1 fully saturated rings. The largest absolute Gasteiger partial charge is 0.494 e. The van der Waals surface area contributed by atoms with Crippen LogP contribution in [0.4, 0.5) is 0 Å². The lowest BCUT2D eigenvalue weighted by Gasteiger charge is -2.31. The van der Waals surface area contributed by atoms with Crippen LogP contribution in [-0.2, 0) is 0 Å². The van der Waals surface area contributed by atoms with Crippen molar-refractivity contribution in [3.8, 4) is 5.75 Å². The van der Waals surface area contributed by atoms with Gasteiger partial charge in [0.15, 0.2) is 0 Å². The van der Waals surface area contributed by atoms with Gasteiger partial charge in [0.2, 0.25) is 0 Å². The minimum atomic E-state index is -0.372. The third kappa shape index (κ3) is 2.69. The van der Waals surface area contributed by atoms with Crippen molar-refractivity contribution in [1.29, 1.82) is 0 Å². The van der Waals surface area contributed by atoms with Crippen molar-refractivity contribution in [1.82, 2.24) is 0 Å². The summed E-state index contributed by atoms with van der Waals surface area (Å²) in [7, 11) is 0. The molecule has 0 aromatic heterocycles. The zero-order valence-electron chi connectivity index (χ0n) is 11.6. The molecule has 2 atom stereocenters. The van der Waals surface area contributed by atoms with Crippen molar-refractivity contribution >= 4 is 0 Å². The Kier molecular flexibility index (Phi) is 3.96. The third-order valence-electron chi connectivity index (χ3n) is 4.23. The molecular formula is C16H24O2. The molecule has 1 aromatic rings. The maximum absolute atomic E-state index is 10.6. The topological polar surface area (TPSA) is 29.5 Å². The first kappa shape index (κ1) is 13.4. The Bertz CT molecular complexity index is 398. The van der Waals surface area contributed by atoms with Crippen molar-refractivity contribution < 1.29 is 9.84 Å². The van der Waals surface area contributed by atoms with E-state index in [9.17, 15) is 5.11 Å². The van der Waals surface area contributed by atoms with E-state index in [-0.39, 0.29) is 11.5 Å². The molecule has 1 saturated carbocycles. The smallest absolute Gasteiger partial charge is 0.119 e. The van der Waals surface area contributed by atoms with Crippen LogP contribution in [0, 0.1) is 11.3 Å². The fraction of sp³-hybridized carbons (Fsp3) is 0.625. The maximum Gasteiger partial charge on any atom is 0.119 e. The number of aliphatic hydroxyl groups is 1. The highest BCUT2D eigenvalue weighted by atomic mass is 16.5. The number of rotatable bonds is 4. The fourth-order valence-electron chi connectivity index (χ4n) is 3.13. The summed E-state index contributed by atoms with van der Waals surface area (Å²) in [6.07, 6.45) is 3.18. The highest BCUT2D eigenvalue weighted by Crippen LogP contribution is 2.48. The molecule has 18 heavy (non-hydrogen) atoms. The minimum Gasteiger partial charge on any atom is -0.494 e. The first-order valence-corrected chi connectivity index (χ1v) is 6.95. The molecule has 0 heterocycles. The normalized spacial score (nSPS) is 23.9. The third-order valence-corrected chi connectivity index (χ3v) is 4.23. The number of hydrogen-bond acceptors (Lipinski definition) is 2. The SMILES string of the molecule is CCOc1cccc(C(O)C2CCCC2(C)C)c1. The minimum absolute atomic E-state index is 0.237. The van der Waals surface area contributed by atoms with Gasteiger partial charge in [0.1, 0.15) is 5.75 Å². The average molecular weight is 248 g/mol. The van der Waals surface area contributed by atoms with Crippen LogP contribution >= 0.6 is 0 Å². The molecule has 100 valence electrons. The number of aliphatic hydroxyl groups excluding tert-OH is 1. The van der Waals surface area contributed by atoms with E-state index in [1.165, 1.54) is 12.8 Å². The van der Waals surface area contributed by atoms with E-state index in [0.717, 1.165) is 17.7 Å². The highest BCUT2D eigenvalue weighted by Gasteiger charge is 2.39. The van der Waals surface area contributed by atoms with Crippen molar-refractivity contribution in [3.63, 3.8) is 0 Å². The highest BCUT2D eigenvalue weighted by molar-refractivity contribution is 5.30. The van der Waals surface area contributed by atoms with E-state index in [0.29, 0.717) is 12.5 Å². The van der Waals surface area contributed by atoms with Gasteiger partial charge >= 0.3 is 0 Å². The molecule has 0 saturated heterocycles. The quantitative estimate of drug-likeness (QED) is 0.874. The molecule has 0 aliphatic heterocycles. The summed E-state index contributed by atoms with van der Waals surface area (Å²) in [5.41, 5.74) is 1.22. The molecule has 1 aromatic carbocycles. The molecule has 0 amide bonds.